The van der Waals surface area contributed by atoms with Gasteiger partial charge in [0.2, 0.25) is 5.91 Å². The van der Waals surface area contributed by atoms with Crippen LogP contribution < -0.4 is 10.1 Å². The topological polar surface area (TPSA) is 118 Å². The first-order chi connectivity index (χ1) is 19.5. The Morgan fingerprint density at radius 3 is 2.70 bits per heavy atom. The summed E-state index contributed by atoms with van der Waals surface area (Å²) >= 11 is 0. The molecule has 0 bridgehead atoms. The number of likely N-dealkylation sites (tertiary alicyclic amines) is 1. The Hall–Kier alpha value is -4.05. The second-order valence-corrected chi connectivity index (χ2v) is 11.1. The number of hydrogen-bond acceptors (Lipinski definition) is 7. The minimum absolute atomic E-state index is 0.0265. The van der Waals surface area contributed by atoms with Crippen LogP contribution in [-0.2, 0) is 29.5 Å². The summed E-state index contributed by atoms with van der Waals surface area (Å²) < 4.78 is 7.04. The average molecular weight is 542 g/mol. The van der Waals surface area contributed by atoms with Crippen LogP contribution in [0.2, 0.25) is 0 Å². The summed E-state index contributed by atoms with van der Waals surface area (Å²) in [6.07, 6.45) is 6.67. The van der Waals surface area contributed by atoms with Crippen LogP contribution in [0.1, 0.15) is 42.0 Å². The molecule has 0 aliphatic carbocycles. The van der Waals surface area contributed by atoms with Gasteiger partial charge in [-0.05, 0) is 67.0 Å². The maximum Gasteiger partial charge on any atom is 0.240 e. The van der Waals surface area contributed by atoms with Crippen molar-refractivity contribution in [3.05, 3.63) is 71.8 Å². The number of carbonyl (C=O) groups excluding carboxylic acids is 2. The van der Waals surface area contributed by atoms with E-state index in [9.17, 15) is 9.59 Å². The summed E-state index contributed by atoms with van der Waals surface area (Å²) in [5, 5.41) is 11.7. The lowest BCUT2D eigenvalue weighted by molar-refractivity contribution is -0.139. The summed E-state index contributed by atoms with van der Waals surface area (Å²) in [4.78, 5) is 36.7. The normalized spacial score (nSPS) is 22.7. The second kappa shape index (κ2) is 11.2. The van der Waals surface area contributed by atoms with Crippen LogP contribution in [0.3, 0.4) is 0 Å². The van der Waals surface area contributed by atoms with E-state index in [1.807, 2.05) is 48.5 Å². The minimum atomic E-state index is -0.413. The molecule has 2 aliphatic rings. The van der Waals surface area contributed by atoms with Gasteiger partial charge in [0.05, 0.1) is 31.0 Å². The first-order valence-corrected chi connectivity index (χ1v) is 13.9. The smallest absolute Gasteiger partial charge is 0.240 e. The van der Waals surface area contributed by atoms with Crippen molar-refractivity contribution >= 4 is 22.7 Å². The summed E-state index contributed by atoms with van der Waals surface area (Å²) in [7, 11) is 3.52. The molecular formula is C30H35N7O3. The third-order valence-corrected chi connectivity index (χ3v) is 8.45. The number of H-pyrrole nitrogens is 1. The lowest BCUT2D eigenvalue weighted by Gasteiger charge is -2.27. The lowest BCUT2D eigenvalue weighted by atomic mass is 9.94. The van der Waals surface area contributed by atoms with Gasteiger partial charge in [-0.2, -0.15) is 0 Å². The fraction of sp³-hybridized carbons (Fsp3) is 0.433. The van der Waals surface area contributed by atoms with Crippen LogP contribution in [0.5, 0.6) is 5.75 Å². The van der Waals surface area contributed by atoms with Crippen molar-refractivity contribution in [3.63, 3.8) is 0 Å². The number of aromatic nitrogens is 5. The molecule has 0 spiro atoms. The Kier molecular flexibility index (Phi) is 7.34. The van der Waals surface area contributed by atoms with Gasteiger partial charge in [-0.3, -0.25) is 9.59 Å². The molecule has 6 rings (SSSR count). The summed E-state index contributed by atoms with van der Waals surface area (Å²) in [5.74, 6) is 1.39. The molecule has 1 unspecified atom stereocenters. The van der Waals surface area contributed by atoms with Crippen molar-refractivity contribution in [1.82, 2.24) is 35.2 Å². The number of nitrogens with zero attached hydrogens (tertiary/aromatic N) is 5. The molecule has 2 fully saturated rings. The number of benzene rings is 2. The number of carbonyl (C=O) groups is 2. The monoisotopic (exact) mass is 541 g/mol. The molecule has 2 N–H and O–H groups in total. The number of ether oxygens (including phenoxy) is 1. The van der Waals surface area contributed by atoms with Crippen molar-refractivity contribution in [2.24, 2.45) is 13.0 Å². The molecular weight excluding hydrogens is 506 g/mol. The number of aryl methyl sites for hydroxylation is 2. The molecule has 10 nitrogen and oxygen atoms in total. The maximum atomic E-state index is 13.8. The number of rotatable bonds is 9. The van der Waals surface area contributed by atoms with E-state index in [0.717, 1.165) is 34.5 Å². The number of methoxy groups -OCH3 is 1. The molecule has 0 saturated carbocycles. The minimum Gasteiger partial charge on any atom is -0.497 e. The second-order valence-electron chi connectivity index (χ2n) is 11.1. The number of imidazole rings is 1. The fourth-order valence-corrected chi connectivity index (χ4v) is 6.24. The SMILES string of the molecule is COc1ccc(C[C@@H]2C[C@@H](C(=O)CCc3ccc4c(c3)nnn4C)N(C(=O)[C@H]3CC(c4cnc[nH]4)CN3)C2)cc1. The standard InChI is InChI=1S/C30H35N7O3/c1-36-27-9-5-20(12-24(27)34-35-36)6-10-29(38)28-13-21(11-19-3-7-23(40-2)8-4-19)17-37(28)30(39)25-14-22(15-32-25)26-16-31-18-33-26/h3-5,7-9,12,16,18,21-22,25,28,32H,6,10-11,13-15,17H2,1-2H3,(H,31,33)/t21-,22?,25-,28+/m1/s1. The van der Waals surface area contributed by atoms with Crippen LogP contribution >= 0.6 is 0 Å². The quantitative estimate of drug-likeness (QED) is 0.335. The summed E-state index contributed by atoms with van der Waals surface area (Å²) in [5.41, 5.74) is 5.05. The number of fused-ring (bicyclic) bond motifs is 1. The predicted molar refractivity (Wildman–Crippen MR) is 150 cm³/mol. The van der Waals surface area contributed by atoms with Crippen LogP contribution in [0.4, 0.5) is 0 Å². The number of hydrogen-bond donors (Lipinski definition) is 2. The van der Waals surface area contributed by atoms with Crippen LogP contribution in [0.25, 0.3) is 11.0 Å². The highest BCUT2D eigenvalue weighted by Crippen LogP contribution is 2.32. The Balaban J connectivity index is 1.16. The van der Waals surface area contributed by atoms with Crippen molar-refractivity contribution < 1.29 is 14.3 Å². The third-order valence-electron chi connectivity index (χ3n) is 8.45. The van der Waals surface area contributed by atoms with Gasteiger partial charge in [0.1, 0.15) is 11.3 Å². The highest BCUT2D eigenvalue weighted by Gasteiger charge is 2.43. The molecule has 2 saturated heterocycles. The van der Waals surface area contributed by atoms with E-state index in [0.29, 0.717) is 38.8 Å². The number of ketones is 1. The number of nitrogens with one attached hydrogen (secondary N) is 2. The van der Waals surface area contributed by atoms with E-state index < -0.39 is 6.04 Å². The highest BCUT2D eigenvalue weighted by molar-refractivity contribution is 5.92. The fourth-order valence-electron chi connectivity index (χ4n) is 6.24. The number of aromatic amines is 1. The maximum absolute atomic E-state index is 13.8. The largest absolute Gasteiger partial charge is 0.497 e. The molecule has 1 amide bonds. The van der Waals surface area contributed by atoms with Crippen LogP contribution in [-0.4, -0.2) is 73.8 Å². The van der Waals surface area contributed by atoms with Gasteiger partial charge < -0.3 is 19.9 Å². The zero-order valence-corrected chi connectivity index (χ0v) is 22.9. The highest BCUT2D eigenvalue weighted by atomic mass is 16.5. The Morgan fingerprint density at radius 1 is 1.10 bits per heavy atom. The number of amides is 1. The first-order valence-electron chi connectivity index (χ1n) is 13.9. The molecule has 40 heavy (non-hydrogen) atoms. The van der Waals surface area contributed by atoms with Crippen molar-refractivity contribution in [2.45, 2.75) is 50.1 Å². The van der Waals surface area contributed by atoms with Gasteiger partial charge in [-0.15, -0.1) is 5.10 Å². The Morgan fingerprint density at radius 2 is 1.93 bits per heavy atom. The summed E-state index contributed by atoms with van der Waals surface area (Å²) in [6.45, 7) is 1.30. The molecule has 4 atom stereocenters. The van der Waals surface area contributed by atoms with Crippen molar-refractivity contribution in [1.29, 1.82) is 0 Å². The zero-order chi connectivity index (χ0) is 27.6. The van der Waals surface area contributed by atoms with E-state index in [-0.39, 0.29) is 29.6 Å². The van der Waals surface area contributed by atoms with Crippen molar-refractivity contribution in [3.8, 4) is 5.75 Å². The molecule has 2 aliphatic heterocycles. The molecule has 0 radical (unpaired) electrons. The van der Waals surface area contributed by atoms with E-state index in [2.05, 4.69) is 37.7 Å². The van der Waals surface area contributed by atoms with Gasteiger partial charge in [-0.1, -0.05) is 23.4 Å². The van der Waals surface area contributed by atoms with Gasteiger partial charge >= 0.3 is 0 Å². The average Bonchev–Trinajstić information content (AvgIpc) is 3.79. The van der Waals surface area contributed by atoms with Gasteiger partial charge in [-0.25, -0.2) is 9.67 Å². The van der Waals surface area contributed by atoms with Gasteiger partial charge in [0.25, 0.3) is 0 Å². The zero-order valence-electron chi connectivity index (χ0n) is 22.9. The predicted octanol–water partition coefficient (Wildman–Crippen LogP) is 2.81. The third kappa shape index (κ3) is 5.36. The van der Waals surface area contributed by atoms with Crippen LogP contribution in [0, 0.1) is 5.92 Å². The first kappa shape index (κ1) is 26.2. The number of Topliss-reactive ketones (excluding diaryl/α,β-unsaturated/α-hetero) is 1. The van der Waals surface area contributed by atoms with Gasteiger partial charge in [0.15, 0.2) is 5.78 Å². The van der Waals surface area contributed by atoms with Crippen molar-refractivity contribution in [2.75, 3.05) is 20.2 Å². The Bertz CT molecular complexity index is 1480. The molecule has 4 aromatic rings. The summed E-state index contributed by atoms with van der Waals surface area (Å²) in [6, 6.07) is 13.4. The Labute approximate surface area is 233 Å². The van der Waals surface area contributed by atoms with E-state index in [1.54, 1.807) is 18.1 Å². The molecule has 2 aromatic carbocycles. The van der Waals surface area contributed by atoms with Crippen LogP contribution in [0.15, 0.2) is 55.0 Å². The molecule has 4 heterocycles. The van der Waals surface area contributed by atoms with E-state index in [1.165, 1.54) is 5.56 Å². The molecule has 10 heteroatoms. The van der Waals surface area contributed by atoms with Gasteiger partial charge in [0, 0.05) is 44.4 Å². The lowest BCUT2D eigenvalue weighted by Crippen LogP contribution is -2.48. The molecule has 208 valence electrons. The molecule has 2 aromatic heterocycles. The van der Waals surface area contributed by atoms with E-state index >= 15 is 0 Å². The van der Waals surface area contributed by atoms with E-state index in [4.69, 9.17) is 4.74 Å².